The van der Waals surface area contributed by atoms with Crippen LogP contribution in [-0.2, 0) is 4.79 Å². The van der Waals surface area contributed by atoms with Crippen molar-refractivity contribution in [2.75, 3.05) is 13.7 Å². The molecule has 2 aromatic carbocycles. The zero-order chi connectivity index (χ0) is 21.6. The van der Waals surface area contributed by atoms with Gasteiger partial charge in [-0.15, -0.1) is 0 Å². The fourth-order valence-electron chi connectivity index (χ4n) is 3.09. The maximum absolute atomic E-state index is 12.5. The second-order valence-corrected chi connectivity index (χ2v) is 7.82. The molecule has 0 saturated heterocycles. The third kappa shape index (κ3) is 6.08. The van der Waals surface area contributed by atoms with Gasteiger partial charge in [0.15, 0.2) is 23.9 Å². The summed E-state index contributed by atoms with van der Waals surface area (Å²) in [5.41, 5.74) is 2.87. The van der Waals surface area contributed by atoms with Gasteiger partial charge in [-0.1, -0.05) is 52.0 Å². The van der Waals surface area contributed by atoms with Crippen molar-refractivity contribution >= 4 is 11.7 Å². The molecule has 2 aromatic rings. The third-order valence-corrected chi connectivity index (χ3v) is 4.87. The number of nitrogens with one attached hydrogen (secondary N) is 1. The lowest BCUT2D eigenvalue weighted by molar-refractivity contribution is -0.124. The molecule has 0 fully saturated rings. The van der Waals surface area contributed by atoms with Crippen molar-refractivity contribution in [2.24, 2.45) is 5.92 Å². The Morgan fingerprint density at radius 3 is 2.07 bits per heavy atom. The molecule has 0 saturated carbocycles. The first-order chi connectivity index (χ1) is 13.7. The zero-order valence-electron chi connectivity index (χ0n) is 18.1. The van der Waals surface area contributed by atoms with Gasteiger partial charge in [0.1, 0.15) is 0 Å². The highest BCUT2D eigenvalue weighted by Crippen LogP contribution is 2.28. The summed E-state index contributed by atoms with van der Waals surface area (Å²) in [4.78, 5) is 24.0. The van der Waals surface area contributed by atoms with Gasteiger partial charge in [-0.3, -0.25) is 9.59 Å². The summed E-state index contributed by atoms with van der Waals surface area (Å²) in [7, 11) is 1.50. The first kappa shape index (κ1) is 22.5. The second-order valence-electron chi connectivity index (χ2n) is 7.82. The largest absolute Gasteiger partial charge is 0.493 e. The average Bonchev–Trinajstić information content (AvgIpc) is 2.70. The van der Waals surface area contributed by atoms with Crippen LogP contribution in [0.25, 0.3) is 0 Å². The van der Waals surface area contributed by atoms with E-state index in [0.717, 1.165) is 5.56 Å². The smallest absolute Gasteiger partial charge is 0.258 e. The lowest BCUT2D eigenvalue weighted by Crippen LogP contribution is -2.35. The summed E-state index contributed by atoms with van der Waals surface area (Å²) in [5, 5.41) is 3.06. The molecule has 0 aliphatic carbocycles. The molecule has 0 radical (unpaired) electrons. The molecule has 0 aliphatic rings. The number of carbonyl (C=O) groups excluding carboxylic acids is 2. The predicted octanol–water partition coefficient (Wildman–Crippen LogP) is 4.91. The number of ketones is 1. The van der Waals surface area contributed by atoms with Crippen LogP contribution in [0.4, 0.5) is 0 Å². The fraction of sp³-hybridized carbons (Fsp3) is 0.417. The molecule has 0 spiro atoms. The number of amides is 1. The van der Waals surface area contributed by atoms with E-state index in [9.17, 15) is 9.59 Å². The average molecular weight is 398 g/mol. The Morgan fingerprint density at radius 1 is 0.931 bits per heavy atom. The van der Waals surface area contributed by atoms with E-state index in [-0.39, 0.29) is 30.3 Å². The number of hydrogen-bond donors (Lipinski definition) is 1. The molecule has 156 valence electrons. The number of rotatable bonds is 9. The van der Waals surface area contributed by atoms with E-state index in [1.54, 1.807) is 18.2 Å². The highest BCUT2D eigenvalue weighted by molar-refractivity contribution is 5.94. The van der Waals surface area contributed by atoms with Crippen LogP contribution < -0.4 is 14.8 Å². The van der Waals surface area contributed by atoms with Crippen molar-refractivity contribution in [3.63, 3.8) is 0 Å². The van der Waals surface area contributed by atoms with Gasteiger partial charge in [0, 0.05) is 5.56 Å². The SMILES string of the molecule is COc1cc(C(C)=O)ccc1OCC(=O)N[C@@H](c1ccc(C(C)C)cc1)C(C)C. The minimum absolute atomic E-state index is 0.0594. The molecule has 1 atom stereocenters. The Kier molecular flexibility index (Phi) is 7.82. The first-order valence-corrected chi connectivity index (χ1v) is 9.94. The summed E-state index contributed by atoms with van der Waals surface area (Å²) >= 11 is 0. The minimum Gasteiger partial charge on any atom is -0.493 e. The summed E-state index contributed by atoms with van der Waals surface area (Å²) in [5.74, 6) is 1.28. The normalized spacial score (nSPS) is 12.0. The monoisotopic (exact) mass is 397 g/mol. The Bertz CT molecular complexity index is 840. The predicted molar refractivity (Wildman–Crippen MR) is 115 cm³/mol. The maximum Gasteiger partial charge on any atom is 0.258 e. The van der Waals surface area contributed by atoms with Gasteiger partial charge in [-0.2, -0.15) is 0 Å². The van der Waals surface area contributed by atoms with E-state index in [4.69, 9.17) is 9.47 Å². The van der Waals surface area contributed by atoms with Crippen molar-refractivity contribution in [3.8, 4) is 11.5 Å². The molecule has 0 heterocycles. The number of benzene rings is 2. The van der Waals surface area contributed by atoms with Crippen LogP contribution in [0.15, 0.2) is 42.5 Å². The molecule has 29 heavy (non-hydrogen) atoms. The fourth-order valence-corrected chi connectivity index (χ4v) is 3.09. The van der Waals surface area contributed by atoms with E-state index in [2.05, 4.69) is 57.3 Å². The van der Waals surface area contributed by atoms with Crippen molar-refractivity contribution < 1.29 is 19.1 Å². The van der Waals surface area contributed by atoms with Crippen LogP contribution in [0.3, 0.4) is 0 Å². The Hall–Kier alpha value is -2.82. The van der Waals surface area contributed by atoms with E-state index in [1.165, 1.54) is 19.6 Å². The lowest BCUT2D eigenvalue weighted by Gasteiger charge is -2.23. The quantitative estimate of drug-likeness (QED) is 0.611. The Morgan fingerprint density at radius 2 is 1.55 bits per heavy atom. The molecular formula is C24H31NO4. The van der Waals surface area contributed by atoms with Gasteiger partial charge in [-0.25, -0.2) is 0 Å². The summed E-state index contributed by atoms with van der Waals surface area (Å²) < 4.78 is 10.9. The molecule has 5 heteroatoms. The number of ether oxygens (including phenoxy) is 2. The van der Waals surface area contributed by atoms with Gasteiger partial charge in [0.2, 0.25) is 0 Å². The van der Waals surface area contributed by atoms with E-state index >= 15 is 0 Å². The number of carbonyl (C=O) groups is 2. The van der Waals surface area contributed by atoms with Crippen LogP contribution in [0.2, 0.25) is 0 Å². The maximum atomic E-state index is 12.5. The number of methoxy groups -OCH3 is 1. The lowest BCUT2D eigenvalue weighted by atomic mass is 9.93. The Labute approximate surface area is 173 Å². The van der Waals surface area contributed by atoms with Gasteiger partial charge in [0.25, 0.3) is 5.91 Å². The first-order valence-electron chi connectivity index (χ1n) is 9.94. The second kappa shape index (κ2) is 10.1. The topological polar surface area (TPSA) is 64.6 Å². The molecule has 0 aromatic heterocycles. The summed E-state index contributed by atoms with van der Waals surface area (Å²) in [6.07, 6.45) is 0. The van der Waals surface area contributed by atoms with Crippen molar-refractivity contribution in [2.45, 2.75) is 46.6 Å². The molecule has 1 amide bonds. The van der Waals surface area contributed by atoms with E-state index in [0.29, 0.717) is 23.0 Å². The molecule has 0 bridgehead atoms. The molecule has 0 aliphatic heterocycles. The molecule has 2 rings (SSSR count). The van der Waals surface area contributed by atoms with Crippen molar-refractivity contribution in [1.29, 1.82) is 0 Å². The summed E-state index contributed by atoms with van der Waals surface area (Å²) in [6.45, 7) is 9.82. The standard InChI is InChI=1S/C24H31NO4/c1-15(2)18-7-9-19(10-8-18)24(16(3)4)25-23(27)14-29-21-12-11-20(17(5)26)13-22(21)28-6/h7-13,15-16,24H,14H2,1-6H3,(H,25,27)/t24-/m1/s1. The van der Waals surface area contributed by atoms with Gasteiger partial charge in [-0.05, 0) is 48.1 Å². The van der Waals surface area contributed by atoms with Crippen LogP contribution in [0.1, 0.15) is 68.1 Å². The van der Waals surface area contributed by atoms with Crippen LogP contribution in [0, 0.1) is 5.92 Å². The Balaban J connectivity index is 2.05. The molecular weight excluding hydrogens is 366 g/mol. The van der Waals surface area contributed by atoms with E-state index in [1.807, 2.05) is 0 Å². The highest BCUT2D eigenvalue weighted by atomic mass is 16.5. The van der Waals surface area contributed by atoms with E-state index < -0.39 is 0 Å². The number of Topliss-reactive ketones (excluding diaryl/α,β-unsaturated/α-hetero) is 1. The van der Waals surface area contributed by atoms with Gasteiger partial charge < -0.3 is 14.8 Å². The number of hydrogen-bond acceptors (Lipinski definition) is 4. The van der Waals surface area contributed by atoms with Crippen molar-refractivity contribution in [1.82, 2.24) is 5.32 Å². The third-order valence-electron chi connectivity index (χ3n) is 4.87. The molecule has 0 unspecified atom stereocenters. The van der Waals surface area contributed by atoms with Crippen LogP contribution >= 0.6 is 0 Å². The zero-order valence-corrected chi connectivity index (χ0v) is 18.1. The van der Waals surface area contributed by atoms with Crippen LogP contribution in [0.5, 0.6) is 11.5 Å². The van der Waals surface area contributed by atoms with Gasteiger partial charge >= 0.3 is 0 Å². The minimum atomic E-state index is -0.214. The van der Waals surface area contributed by atoms with Crippen molar-refractivity contribution in [3.05, 3.63) is 59.2 Å². The summed E-state index contributed by atoms with van der Waals surface area (Å²) in [6, 6.07) is 13.2. The van der Waals surface area contributed by atoms with Crippen LogP contribution in [-0.4, -0.2) is 25.4 Å². The molecule has 1 N–H and O–H groups in total. The molecule has 5 nitrogen and oxygen atoms in total. The highest BCUT2D eigenvalue weighted by Gasteiger charge is 2.19. The van der Waals surface area contributed by atoms with Gasteiger partial charge in [0.05, 0.1) is 13.2 Å².